The highest BCUT2D eigenvalue weighted by Crippen LogP contribution is 2.50. The first-order valence-corrected chi connectivity index (χ1v) is 12.8. The van der Waals surface area contributed by atoms with Crippen LogP contribution in [0.2, 0.25) is 17.1 Å². The number of carbonyl (C=O) groups is 1. The lowest BCUT2D eigenvalue weighted by atomic mass is 9.99. The van der Waals surface area contributed by atoms with E-state index in [0.717, 1.165) is 17.5 Å². The first-order valence-electron chi connectivity index (χ1n) is 10.5. The number of aromatic carboxylic acids is 1. The van der Waals surface area contributed by atoms with E-state index in [1.807, 2.05) is 19.2 Å². The Kier molecular flexibility index (Phi) is 6.93. The molecule has 0 unspecified atom stereocenters. The summed E-state index contributed by atoms with van der Waals surface area (Å²) in [7, 11) is 0.201. The van der Waals surface area contributed by atoms with E-state index in [9.17, 15) is 4.79 Å². The van der Waals surface area contributed by atoms with Crippen LogP contribution in [-0.2, 0) is 10.8 Å². The molecule has 2 fully saturated rings. The second-order valence-electron chi connectivity index (χ2n) is 8.33. The van der Waals surface area contributed by atoms with E-state index < -0.39 is 14.3 Å². The Balaban J connectivity index is 1.76. The molecule has 26 heavy (non-hydrogen) atoms. The fourth-order valence-electron chi connectivity index (χ4n) is 5.51. The van der Waals surface area contributed by atoms with Crippen LogP contribution in [0.4, 0.5) is 0 Å². The minimum Gasteiger partial charge on any atom is -0.478 e. The summed E-state index contributed by atoms with van der Waals surface area (Å²) in [5.41, 5.74) is 3.28. The molecule has 0 aliphatic heterocycles. The van der Waals surface area contributed by atoms with Crippen molar-refractivity contribution in [3.63, 3.8) is 0 Å². The van der Waals surface area contributed by atoms with Crippen molar-refractivity contribution in [1.82, 2.24) is 0 Å². The molecule has 0 spiro atoms. The van der Waals surface area contributed by atoms with Crippen molar-refractivity contribution in [1.29, 1.82) is 0 Å². The maximum Gasteiger partial charge on any atom is 0.335 e. The molecular formula is C22H34O3Si. The molecule has 4 heteroatoms. The summed E-state index contributed by atoms with van der Waals surface area (Å²) < 4.78 is 6.55. The van der Waals surface area contributed by atoms with Gasteiger partial charge in [0.2, 0.25) is 0 Å². The Morgan fingerprint density at radius 1 is 0.962 bits per heavy atom. The van der Waals surface area contributed by atoms with Crippen molar-refractivity contribution in [3.05, 3.63) is 35.4 Å². The molecule has 1 aromatic rings. The van der Waals surface area contributed by atoms with Crippen LogP contribution in [0.15, 0.2) is 24.3 Å². The zero-order valence-electron chi connectivity index (χ0n) is 16.2. The van der Waals surface area contributed by atoms with E-state index in [2.05, 4.69) is 0 Å². The van der Waals surface area contributed by atoms with E-state index in [1.54, 1.807) is 12.1 Å². The molecule has 0 heterocycles. The maximum atomic E-state index is 11.1. The molecule has 0 bridgehead atoms. The van der Waals surface area contributed by atoms with Crippen LogP contribution in [-0.4, -0.2) is 26.5 Å². The van der Waals surface area contributed by atoms with Gasteiger partial charge in [0.05, 0.1) is 5.56 Å². The summed E-state index contributed by atoms with van der Waals surface area (Å²) in [6, 6.07) is 8.69. The first-order chi connectivity index (χ1) is 12.7. The van der Waals surface area contributed by atoms with Crippen LogP contribution in [0.5, 0.6) is 0 Å². The summed E-state index contributed by atoms with van der Waals surface area (Å²) in [5, 5.41) is 9.10. The SMILES string of the molecule is CO[Si](CCc1ccc(C(=O)O)cc1)(C1CCCCC1)C1CCCCC1. The van der Waals surface area contributed by atoms with Gasteiger partial charge in [0, 0.05) is 7.11 Å². The second-order valence-corrected chi connectivity index (χ2v) is 12.8. The number of carboxylic acid groups (broad SMARTS) is 1. The number of benzene rings is 1. The van der Waals surface area contributed by atoms with Crippen molar-refractivity contribution in [2.45, 2.75) is 87.8 Å². The molecule has 0 radical (unpaired) electrons. The Morgan fingerprint density at radius 3 is 1.88 bits per heavy atom. The van der Waals surface area contributed by atoms with Gasteiger partial charge >= 0.3 is 5.97 Å². The van der Waals surface area contributed by atoms with Gasteiger partial charge in [-0.1, -0.05) is 76.3 Å². The molecule has 0 amide bonds. The van der Waals surface area contributed by atoms with Crippen LogP contribution in [0.25, 0.3) is 0 Å². The Hall–Kier alpha value is -1.13. The van der Waals surface area contributed by atoms with E-state index in [0.29, 0.717) is 5.56 Å². The number of rotatable bonds is 7. The number of hydrogen-bond donors (Lipinski definition) is 1. The fourth-order valence-corrected chi connectivity index (χ4v) is 11.3. The highest BCUT2D eigenvalue weighted by Gasteiger charge is 2.48. The van der Waals surface area contributed by atoms with Gasteiger partial charge in [0.25, 0.3) is 0 Å². The van der Waals surface area contributed by atoms with Gasteiger partial charge in [-0.05, 0) is 41.2 Å². The smallest absolute Gasteiger partial charge is 0.335 e. The van der Waals surface area contributed by atoms with Crippen molar-refractivity contribution in [3.8, 4) is 0 Å². The van der Waals surface area contributed by atoms with Crippen molar-refractivity contribution in [2.24, 2.45) is 0 Å². The lowest BCUT2D eigenvalue weighted by molar-refractivity contribution is 0.0697. The van der Waals surface area contributed by atoms with Crippen LogP contribution >= 0.6 is 0 Å². The molecule has 3 nitrogen and oxygen atoms in total. The third-order valence-corrected chi connectivity index (χ3v) is 12.7. The van der Waals surface area contributed by atoms with Gasteiger partial charge in [-0.2, -0.15) is 0 Å². The van der Waals surface area contributed by atoms with Crippen LogP contribution in [0.1, 0.15) is 80.1 Å². The number of carboxylic acids is 1. The quantitative estimate of drug-likeness (QED) is 0.579. The predicted molar refractivity (Wildman–Crippen MR) is 108 cm³/mol. The molecule has 0 atom stereocenters. The lowest BCUT2D eigenvalue weighted by Crippen LogP contribution is -2.49. The monoisotopic (exact) mass is 374 g/mol. The topological polar surface area (TPSA) is 46.5 Å². The minimum absolute atomic E-state index is 0.378. The Labute approximate surface area is 159 Å². The van der Waals surface area contributed by atoms with E-state index in [-0.39, 0.29) is 0 Å². The molecular weight excluding hydrogens is 340 g/mol. The van der Waals surface area contributed by atoms with Gasteiger partial charge < -0.3 is 9.53 Å². The summed E-state index contributed by atoms with van der Waals surface area (Å²) in [6.45, 7) is 0. The molecule has 1 N–H and O–H groups in total. The first kappa shape index (κ1) is 19.6. The molecule has 0 saturated heterocycles. The summed E-state index contributed by atoms with van der Waals surface area (Å²) >= 11 is 0. The van der Waals surface area contributed by atoms with Gasteiger partial charge in [0.15, 0.2) is 8.32 Å². The van der Waals surface area contributed by atoms with Gasteiger partial charge in [-0.3, -0.25) is 0 Å². The highest BCUT2D eigenvalue weighted by atomic mass is 28.4. The fraction of sp³-hybridized carbons (Fsp3) is 0.682. The second kappa shape index (κ2) is 9.18. The van der Waals surface area contributed by atoms with Crippen molar-refractivity contribution in [2.75, 3.05) is 7.11 Å². The van der Waals surface area contributed by atoms with Crippen LogP contribution in [0.3, 0.4) is 0 Å². The Bertz CT molecular complexity index is 554. The minimum atomic E-state index is -1.80. The van der Waals surface area contributed by atoms with Crippen molar-refractivity contribution >= 4 is 14.3 Å². The maximum absolute atomic E-state index is 11.1. The van der Waals surface area contributed by atoms with Crippen LogP contribution < -0.4 is 0 Å². The summed E-state index contributed by atoms with van der Waals surface area (Å²) in [5.74, 6) is -0.846. The van der Waals surface area contributed by atoms with Crippen LogP contribution in [0, 0.1) is 0 Å². The summed E-state index contributed by atoms with van der Waals surface area (Å²) in [6.07, 6.45) is 14.8. The molecule has 144 valence electrons. The molecule has 2 aliphatic rings. The van der Waals surface area contributed by atoms with E-state index >= 15 is 0 Å². The standard InChI is InChI=1S/C22H34O3Si/c1-25-26(20-8-4-2-5-9-20,21-10-6-3-7-11-21)17-16-18-12-14-19(15-13-18)22(23)24/h12-15,20-21H,2-11,16-17H2,1H3,(H,23,24). The zero-order chi connectivity index (χ0) is 18.4. The third kappa shape index (κ3) is 4.40. The molecule has 1 aromatic carbocycles. The largest absolute Gasteiger partial charge is 0.478 e. The lowest BCUT2D eigenvalue weighted by Gasteiger charge is -2.46. The van der Waals surface area contributed by atoms with Gasteiger partial charge in [-0.25, -0.2) is 4.79 Å². The van der Waals surface area contributed by atoms with E-state index in [4.69, 9.17) is 9.53 Å². The van der Waals surface area contributed by atoms with E-state index in [1.165, 1.54) is 75.8 Å². The number of hydrogen-bond acceptors (Lipinski definition) is 2. The average Bonchev–Trinajstić information content (AvgIpc) is 2.71. The Morgan fingerprint density at radius 2 is 1.46 bits per heavy atom. The third-order valence-electron chi connectivity index (χ3n) is 6.98. The van der Waals surface area contributed by atoms with Crippen molar-refractivity contribution < 1.29 is 14.3 Å². The molecule has 3 rings (SSSR count). The zero-order valence-corrected chi connectivity index (χ0v) is 17.2. The highest BCUT2D eigenvalue weighted by molar-refractivity contribution is 6.76. The van der Waals surface area contributed by atoms with Gasteiger partial charge in [0.1, 0.15) is 0 Å². The summed E-state index contributed by atoms with van der Waals surface area (Å²) in [4.78, 5) is 11.1. The molecule has 2 saturated carbocycles. The van der Waals surface area contributed by atoms with Gasteiger partial charge in [-0.15, -0.1) is 0 Å². The average molecular weight is 375 g/mol. The predicted octanol–water partition coefficient (Wildman–Crippen LogP) is 6.19. The molecule has 0 aromatic heterocycles. The normalized spacial score (nSPS) is 20.2. The molecule has 2 aliphatic carbocycles. The number of aryl methyl sites for hydroxylation is 1.